The molecule has 0 saturated heterocycles. The lowest BCUT2D eigenvalue weighted by atomic mass is 10.1. The van der Waals surface area contributed by atoms with Crippen molar-refractivity contribution >= 4 is 10.8 Å². The summed E-state index contributed by atoms with van der Waals surface area (Å²) < 4.78 is 11.3. The first-order valence-corrected chi connectivity index (χ1v) is 6.90. The van der Waals surface area contributed by atoms with Crippen LogP contribution < -0.4 is 5.73 Å². The van der Waals surface area contributed by atoms with E-state index >= 15 is 0 Å². The lowest BCUT2D eigenvalue weighted by Gasteiger charge is -2.01. The maximum absolute atomic E-state index is 11.3. The first kappa shape index (κ1) is 12.4. The van der Waals surface area contributed by atoms with Gasteiger partial charge in [-0.05, 0) is 24.8 Å². The third-order valence-corrected chi connectivity index (χ3v) is 3.71. The summed E-state index contributed by atoms with van der Waals surface area (Å²) in [7, 11) is -0.703. The van der Waals surface area contributed by atoms with Crippen LogP contribution in [-0.4, -0.2) is 22.3 Å². The molecular formula is C12H19NOS. The van der Waals surface area contributed by atoms with Crippen LogP contribution in [0.2, 0.25) is 0 Å². The Hall–Kier alpha value is -0.670. The van der Waals surface area contributed by atoms with Crippen molar-refractivity contribution in [2.45, 2.75) is 19.3 Å². The van der Waals surface area contributed by atoms with Crippen LogP contribution in [0.1, 0.15) is 18.4 Å². The van der Waals surface area contributed by atoms with Crippen molar-refractivity contribution in [1.82, 2.24) is 0 Å². The highest BCUT2D eigenvalue weighted by Gasteiger charge is 1.98. The average Bonchev–Trinajstić information content (AvgIpc) is 2.26. The Labute approximate surface area is 94.3 Å². The number of unbranched alkanes of at least 4 members (excludes halogenated alkanes) is 1. The van der Waals surface area contributed by atoms with Gasteiger partial charge >= 0.3 is 0 Å². The summed E-state index contributed by atoms with van der Waals surface area (Å²) in [5.74, 6) is 1.44. The van der Waals surface area contributed by atoms with Gasteiger partial charge in [0.2, 0.25) is 0 Å². The van der Waals surface area contributed by atoms with E-state index in [9.17, 15) is 4.21 Å². The van der Waals surface area contributed by atoms with Crippen molar-refractivity contribution in [1.29, 1.82) is 0 Å². The molecule has 1 aromatic carbocycles. The molecule has 0 amide bonds. The highest BCUT2D eigenvalue weighted by molar-refractivity contribution is 7.84. The summed E-state index contributed by atoms with van der Waals surface area (Å²) >= 11 is 0. The second kappa shape index (κ2) is 7.60. The zero-order chi connectivity index (χ0) is 10.9. The van der Waals surface area contributed by atoms with Gasteiger partial charge in [0.05, 0.1) is 0 Å². The largest absolute Gasteiger partial charge is 0.330 e. The zero-order valence-electron chi connectivity index (χ0n) is 9.02. The smallest absolute Gasteiger partial charge is 0.0357 e. The van der Waals surface area contributed by atoms with Crippen molar-refractivity contribution in [3.63, 3.8) is 0 Å². The summed E-state index contributed by atoms with van der Waals surface area (Å²) in [5, 5.41) is 0. The van der Waals surface area contributed by atoms with Gasteiger partial charge in [0.15, 0.2) is 0 Å². The third-order valence-electron chi connectivity index (χ3n) is 2.28. The standard InChI is InChI=1S/C12H19NOS/c13-9-11-15(14)10-5-4-8-12-6-2-1-3-7-12/h1-3,6-7H,4-5,8-11,13H2. The Kier molecular flexibility index (Phi) is 6.28. The van der Waals surface area contributed by atoms with Gasteiger partial charge in [-0.2, -0.15) is 0 Å². The van der Waals surface area contributed by atoms with Crippen molar-refractivity contribution < 1.29 is 4.21 Å². The van der Waals surface area contributed by atoms with Crippen molar-refractivity contribution in [2.75, 3.05) is 18.1 Å². The molecule has 0 saturated carbocycles. The molecule has 0 fully saturated rings. The molecule has 15 heavy (non-hydrogen) atoms. The number of aryl methyl sites for hydroxylation is 1. The Bertz CT molecular complexity index is 287. The van der Waals surface area contributed by atoms with Gasteiger partial charge in [0.1, 0.15) is 0 Å². The normalized spacial score (nSPS) is 12.6. The van der Waals surface area contributed by atoms with Gasteiger partial charge in [0.25, 0.3) is 0 Å². The molecule has 0 bridgehead atoms. The third kappa shape index (κ3) is 5.70. The molecule has 1 rings (SSSR count). The van der Waals surface area contributed by atoms with Crippen LogP contribution in [0.15, 0.2) is 30.3 Å². The first-order chi connectivity index (χ1) is 7.33. The van der Waals surface area contributed by atoms with E-state index in [2.05, 4.69) is 24.3 Å². The van der Waals surface area contributed by atoms with E-state index < -0.39 is 10.8 Å². The van der Waals surface area contributed by atoms with Crippen LogP contribution in [0.25, 0.3) is 0 Å². The second-order valence-electron chi connectivity index (χ2n) is 3.58. The first-order valence-electron chi connectivity index (χ1n) is 5.42. The molecule has 0 spiro atoms. The van der Waals surface area contributed by atoms with Gasteiger partial charge in [-0.1, -0.05) is 30.3 Å². The van der Waals surface area contributed by atoms with Crippen LogP contribution in [0.5, 0.6) is 0 Å². The Morgan fingerprint density at radius 2 is 1.80 bits per heavy atom. The lowest BCUT2D eigenvalue weighted by Crippen LogP contribution is -2.12. The predicted molar refractivity (Wildman–Crippen MR) is 66.3 cm³/mol. The van der Waals surface area contributed by atoms with Gasteiger partial charge in [-0.25, -0.2) is 0 Å². The van der Waals surface area contributed by atoms with E-state index in [4.69, 9.17) is 5.73 Å². The molecule has 0 aliphatic rings. The van der Waals surface area contributed by atoms with Gasteiger partial charge in [0, 0.05) is 28.9 Å². The maximum Gasteiger partial charge on any atom is 0.0357 e. The number of rotatable bonds is 7. The number of hydrogen-bond donors (Lipinski definition) is 1. The minimum Gasteiger partial charge on any atom is -0.330 e. The Morgan fingerprint density at radius 1 is 1.07 bits per heavy atom. The molecule has 1 aromatic rings. The van der Waals surface area contributed by atoms with Crippen LogP contribution in [0.4, 0.5) is 0 Å². The molecule has 0 heterocycles. The summed E-state index contributed by atoms with van der Waals surface area (Å²) in [5.41, 5.74) is 6.69. The lowest BCUT2D eigenvalue weighted by molar-refractivity contribution is 0.677. The molecule has 0 radical (unpaired) electrons. The summed E-state index contributed by atoms with van der Waals surface area (Å²) in [6, 6.07) is 10.4. The highest BCUT2D eigenvalue weighted by Crippen LogP contribution is 2.04. The maximum atomic E-state index is 11.3. The average molecular weight is 225 g/mol. The van der Waals surface area contributed by atoms with Crippen LogP contribution in [-0.2, 0) is 17.2 Å². The van der Waals surface area contributed by atoms with Crippen LogP contribution in [0.3, 0.4) is 0 Å². The Morgan fingerprint density at radius 3 is 2.47 bits per heavy atom. The topological polar surface area (TPSA) is 43.1 Å². The quantitative estimate of drug-likeness (QED) is 0.718. The molecule has 0 aliphatic heterocycles. The van der Waals surface area contributed by atoms with E-state index in [1.165, 1.54) is 5.56 Å². The predicted octanol–water partition coefficient (Wildman–Crippen LogP) is 1.72. The fourth-order valence-electron chi connectivity index (χ4n) is 1.47. The van der Waals surface area contributed by atoms with E-state index in [0.717, 1.165) is 25.0 Å². The van der Waals surface area contributed by atoms with Crippen molar-refractivity contribution in [3.8, 4) is 0 Å². The van der Waals surface area contributed by atoms with Gasteiger partial charge < -0.3 is 5.73 Å². The molecule has 1 unspecified atom stereocenters. The minimum absolute atomic E-state index is 0.533. The van der Waals surface area contributed by atoms with E-state index in [1.807, 2.05) is 6.07 Å². The van der Waals surface area contributed by atoms with Crippen molar-refractivity contribution in [3.05, 3.63) is 35.9 Å². The fourth-order valence-corrected chi connectivity index (χ4v) is 2.46. The monoisotopic (exact) mass is 225 g/mol. The molecule has 2 N–H and O–H groups in total. The number of nitrogens with two attached hydrogens (primary N) is 1. The molecule has 0 aromatic heterocycles. The van der Waals surface area contributed by atoms with Gasteiger partial charge in [-0.3, -0.25) is 4.21 Å². The zero-order valence-corrected chi connectivity index (χ0v) is 9.84. The van der Waals surface area contributed by atoms with E-state index in [0.29, 0.717) is 12.3 Å². The van der Waals surface area contributed by atoms with Crippen molar-refractivity contribution in [2.24, 2.45) is 5.73 Å². The molecule has 84 valence electrons. The summed E-state index contributed by atoms with van der Waals surface area (Å²) in [6.07, 6.45) is 3.22. The second-order valence-corrected chi connectivity index (χ2v) is 5.28. The molecular weight excluding hydrogens is 206 g/mol. The minimum atomic E-state index is -0.703. The summed E-state index contributed by atoms with van der Waals surface area (Å²) in [4.78, 5) is 0. The van der Waals surface area contributed by atoms with Crippen LogP contribution >= 0.6 is 0 Å². The highest BCUT2D eigenvalue weighted by atomic mass is 32.2. The molecule has 1 atom stereocenters. The summed E-state index contributed by atoms with van der Waals surface area (Å²) in [6.45, 7) is 0.533. The van der Waals surface area contributed by atoms with E-state index in [-0.39, 0.29) is 0 Å². The van der Waals surface area contributed by atoms with Crippen LogP contribution in [0, 0.1) is 0 Å². The molecule has 0 aliphatic carbocycles. The van der Waals surface area contributed by atoms with Gasteiger partial charge in [-0.15, -0.1) is 0 Å². The number of hydrogen-bond acceptors (Lipinski definition) is 2. The fraction of sp³-hybridized carbons (Fsp3) is 0.500. The number of benzene rings is 1. The molecule has 3 heteroatoms. The van der Waals surface area contributed by atoms with E-state index in [1.54, 1.807) is 0 Å². The SMILES string of the molecule is NCCS(=O)CCCCc1ccccc1. The Balaban J connectivity index is 2.10. The molecule has 2 nitrogen and oxygen atoms in total.